The van der Waals surface area contributed by atoms with Gasteiger partial charge >= 0.3 is 0 Å². The Bertz CT molecular complexity index is 1190. The van der Waals surface area contributed by atoms with E-state index in [0.29, 0.717) is 13.0 Å². The van der Waals surface area contributed by atoms with Gasteiger partial charge in [-0.2, -0.15) is 0 Å². The number of rotatable bonds is 9. The summed E-state index contributed by atoms with van der Waals surface area (Å²) in [6, 6.07) is 13.0. The maximum atomic E-state index is 14.1. The Kier molecular flexibility index (Phi) is 8.09. The maximum Gasteiger partial charge on any atom is 0.254 e. The summed E-state index contributed by atoms with van der Waals surface area (Å²) in [5, 5.41) is 1.97. The van der Waals surface area contributed by atoms with Crippen molar-refractivity contribution < 1.29 is 27.8 Å². The molecule has 3 aromatic rings. The van der Waals surface area contributed by atoms with Crippen LogP contribution in [0.1, 0.15) is 26.8 Å². The monoisotopic (exact) mass is 500 g/mol. The van der Waals surface area contributed by atoms with E-state index in [9.17, 15) is 18.4 Å². The van der Waals surface area contributed by atoms with Crippen molar-refractivity contribution in [2.45, 2.75) is 12.5 Å². The van der Waals surface area contributed by atoms with E-state index in [-0.39, 0.29) is 43.5 Å². The number of carbonyl (C=O) groups is 2. The van der Waals surface area contributed by atoms with Crippen molar-refractivity contribution >= 4 is 23.2 Å². The minimum absolute atomic E-state index is 0.0757. The molecule has 1 aliphatic rings. The molecule has 0 fully saturated rings. The van der Waals surface area contributed by atoms with E-state index in [2.05, 4.69) is 0 Å². The molecule has 2 amide bonds. The largest absolute Gasteiger partial charge is 0.488 e. The van der Waals surface area contributed by atoms with Crippen LogP contribution in [0.25, 0.3) is 0 Å². The third kappa shape index (κ3) is 5.86. The van der Waals surface area contributed by atoms with Gasteiger partial charge in [0.05, 0.1) is 12.6 Å². The molecule has 0 saturated heterocycles. The number of benzene rings is 2. The minimum atomic E-state index is -0.528. The highest BCUT2D eigenvalue weighted by Gasteiger charge is 2.33. The van der Waals surface area contributed by atoms with Crippen LogP contribution in [0.3, 0.4) is 0 Å². The number of thiophene rings is 1. The first-order valence-corrected chi connectivity index (χ1v) is 12.1. The zero-order chi connectivity index (χ0) is 24.8. The predicted octanol–water partition coefficient (Wildman–Crippen LogP) is 4.32. The first-order chi connectivity index (χ1) is 17.0. The molecular formula is C26H26F2N2O4S. The van der Waals surface area contributed by atoms with Gasteiger partial charge in [-0.3, -0.25) is 9.59 Å². The van der Waals surface area contributed by atoms with E-state index in [1.54, 1.807) is 34.4 Å². The maximum absolute atomic E-state index is 14.1. The molecule has 184 valence electrons. The fourth-order valence-corrected chi connectivity index (χ4v) is 5.05. The van der Waals surface area contributed by atoms with Crippen molar-refractivity contribution in [3.05, 3.63) is 87.6 Å². The molecular weight excluding hydrogens is 474 g/mol. The highest BCUT2D eigenvalue weighted by molar-refractivity contribution is 7.10. The molecule has 0 aliphatic carbocycles. The van der Waals surface area contributed by atoms with Crippen molar-refractivity contribution in [1.29, 1.82) is 0 Å². The third-order valence-corrected chi connectivity index (χ3v) is 6.90. The number of nitrogens with zero attached hydrogens (tertiary/aromatic N) is 2. The highest BCUT2D eigenvalue weighted by Crippen LogP contribution is 2.34. The van der Waals surface area contributed by atoms with Crippen LogP contribution in [0.4, 0.5) is 8.78 Å². The summed E-state index contributed by atoms with van der Waals surface area (Å²) in [5.41, 5.74) is 1.12. The van der Waals surface area contributed by atoms with Gasteiger partial charge in [0.2, 0.25) is 5.91 Å². The molecule has 0 radical (unpaired) electrons. The molecule has 9 heteroatoms. The van der Waals surface area contributed by atoms with E-state index >= 15 is 0 Å². The highest BCUT2D eigenvalue weighted by atomic mass is 32.1. The van der Waals surface area contributed by atoms with E-state index < -0.39 is 23.6 Å². The first-order valence-electron chi connectivity index (χ1n) is 11.2. The lowest BCUT2D eigenvalue weighted by molar-refractivity contribution is -0.135. The Morgan fingerprint density at radius 1 is 1.14 bits per heavy atom. The quantitative estimate of drug-likeness (QED) is 0.439. The number of carbonyl (C=O) groups excluding carboxylic acids is 2. The van der Waals surface area contributed by atoms with Crippen LogP contribution in [0.5, 0.6) is 5.75 Å². The smallest absolute Gasteiger partial charge is 0.254 e. The van der Waals surface area contributed by atoms with Crippen LogP contribution >= 0.6 is 11.3 Å². The summed E-state index contributed by atoms with van der Waals surface area (Å²) in [6.07, 6.45) is 0.685. The second kappa shape index (κ2) is 11.4. The number of hydrogen-bond donors (Lipinski definition) is 0. The molecule has 1 aromatic heterocycles. The number of amides is 2. The molecule has 0 spiro atoms. The van der Waals surface area contributed by atoms with Crippen LogP contribution in [-0.4, -0.2) is 61.6 Å². The van der Waals surface area contributed by atoms with Crippen LogP contribution < -0.4 is 4.74 Å². The van der Waals surface area contributed by atoms with Crippen molar-refractivity contribution in [3.8, 4) is 5.75 Å². The lowest BCUT2D eigenvalue weighted by Crippen LogP contribution is -2.48. The zero-order valence-corrected chi connectivity index (χ0v) is 20.1. The Labute approximate surface area is 206 Å². The molecule has 6 nitrogen and oxygen atoms in total. The fourth-order valence-electron chi connectivity index (χ4n) is 4.12. The molecule has 0 N–H and O–H groups in total. The lowest BCUT2D eigenvalue weighted by atomic mass is 10.0. The van der Waals surface area contributed by atoms with Crippen LogP contribution in [0.15, 0.2) is 60.0 Å². The van der Waals surface area contributed by atoms with E-state index in [4.69, 9.17) is 9.47 Å². The van der Waals surface area contributed by atoms with Crippen LogP contribution in [-0.2, 0) is 16.0 Å². The summed E-state index contributed by atoms with van der Waals surface area (Å²) < 4.78 is 38.7. The van der Waals surface area contributed by atoms with Gasteiger partial charge in [-0.15, -0.1) is 11.3 Å². The van der Waals surface area contributed by atoms with Crippen molar-refractivity contribution in [2.24, 2.45) is 0 Å². The summed E-state index contributed by atoms with van der Waals surface area (Å²) >= 11 is 1.61. The number of fused-ring (bicyclic) bond motifs is 1. The van der Waals surface area contributed by atoms with Crippen molar-refractivity contribution in [2.75, 3.05) is 40.0 Å². The summed E-state index contributed by atoms with van der Waals surface area (Å²) in [7, 11) is 1.51. The molecule has 0 unspecified atom stereocenters. The SMILES string of the molecule is COCCN(CC(=O)N1CCc2sccc2[C@@H]1COc1ccccc1F)C(=O)c1cccc(F)c1. The Morgan fingerprint density at radius 2 is 1.97 bits per heavy atom. The molecule has 2 heterocycles. The third-order valence-electron chi connectivity index (χ3n) is 5.90. The lowest BCUT2D eigenvalue weighted by Gasteiger charge is -2.37. The average molecular weight is 501 g/mol. The predicted molar refractivity (Wildman–Crippen MR) is 129 cm³/mol. The standard InChI is InChI=1S/C26H26F2N2O4S/c1-33-13-12-29(26(32)18-5-4-6-19(27)15-18)16-25(31)30-11-9-24-20(10-14-35-24)22(30)17-34-23-8-3-2-7-21(23)28/h2-8,10,14-15,22H,9,11-13,16-17H2,1H3/t22-/m0/s1. The Morgan fingerprint density at radius 3 is 2.74 bits per heavy atom. The number of methoxy groups -OCH3 is 1. The minimum Gasteiger partial charge on any atom is -0.488 e. The number of ether oxygens (including phenoxy) is 2. The van der Waals surface area contributed by atoms with E-state index in [1.165, 1.54) is 36.3 Å². The fraction of sp³-hybridized carbons (Fsp3) is 0.308. The van der Waals surface area contributed by atoms with Gasteiger partial charge in [0.1, 0.15) is 19.0 Å². The van der Waals surface area contributed by atoms with Gasteiger partial charge in [-0.25, -0.2) is 8.78 Å². The van der Waals surface area contributed by atoms with Crippen molar-refractivity contribution in [3.63, 3.8) is 0 Å². The van der Waals surface area contributed by atoms with Gasteiger partial charge < -0.3 is 19.3 Å². The topological polar surface area (TPSA) is 59.1 Å². The van der Waals surface area contributed by atoms with Gasteiger partial charge in [-0.05, 0) is 53.8 Å². The number of hydrogen-bond acceptors (Lipinski definition) is 5. The molecule has 35 heavy (non-hydrogen) atoms. The first kappa shape index (κ1) is 24.8. The van der Waals surface area contributed by atoms with Gasteiger partial charge in [0, 0.05) is 30.6 Å². The normalized spacial score (nSPS) is 14.9. The molecule has 0 bridgehead atoms. The second-order valence-corrected chi connectivity index (χ2v) is 9.12. The van der Waals surface area contributed by atoms with Crippen molar-refractivity contribution in [1.82, 2.24) is 9.80 Å². The molecule has 4 rings (SSSR count). The molecule has 0 saturated carbocycles. The van der Waals surface area contributed by atoms with E-state index in [1.807, 2.05) is 11.4 Å². The van der Waals surface area contributed by atoms with Crippen LogP contribution in [0.2, 0.25) is 0 Å². The van der Waals surface area contributed by atoms with Gasteiger partial charge in [0.15, 0.2) is 11.6 Å². The second-order valence-electron chi connectivity index (χ2n) is 8.12. The Hall–Kier alpha value is -3.30. The summed E-state index contributed by atoms with van der Waals surface area (Å²) in [6.45, 7) is 0.721. The Balaban J connectivity index is 1.53. The summed E-state index contributed by atoms with van der Waals surface area (Å²) in [5.74, 6) is -1.62. The molecule has 1 atom stereocenters. The summed E-state index contributed by atoms with van der Waals surface area (Å²) in [4.78, 5) is 30.8. The van der Waals surface area contributed by atoms with E-state index in [0.717, 1.165) is 16.5 Å². The number of halogens is 2. The molecule has 2 aromatic carbocycles. The molecule has 1 aliphatic heterocycles. The van der Waals surface area contributed by atoms with Gasteiger partial charge in [0.25, 0.3) is 5.91 Å². The van der Waals surface area contributed by atoms with Gasteiger partial charge in [-0.1, -0.05) is 18.2 Å². The number of para-hydroxylation sites is 1. The van der Waals surface area contributed by atoms with Crippen LogP contribution in [0, 0.1) is 11.6 Å². The zero-order valence-electron chi connectivity index (χ0n) is 19.3. The average Bonchev–Trinajstić information content (AvgIpc) is 3.34.